The molecule has 0 saturated carbocycles. The lowest BCUT2D eigenvalue weighted by atomic mass is 10.1. The summed E-state index contributed by atoms with van der Waals surface area (Å²) in [4.78, 5) is 22.1. The Balaban J connectivity index is 2.15. The molecule has 1 aromatic heterocycles. The number of nitrogens with one attached hydrogen (secondary N) is 2. The quantitative estimate of drug-likeness (QED) is 0.661. The molecule has 0 saturated heterocycles. The van der Waals surface area contributed by atoms with Crippen molar-refractivity contribution >= 4 is 17.4 Å². The van der Waals surface area contributed by atoms with E-state index in [1.54, 1.807) is 6.07 Å². The lowest BCUT2D eigenvalue weighted by Crippen LogP contribution is -2.12. The van der Waals surface area contributed by atoms with Crippen molar-refractivity contribution in [2.75, 3.05) is 5.32 Å². The zero-order valence-electron chi connectivity index (χ0n) is 11.1. The number of nitrogens with zero attached hydrogens (tertiary/aromatic N) is 2. The molecule has 0 fully saturated rings. The molecule has 1 aromatic carbocycles. The van der Waals surface area contributed by atoms with Crippen molar-refractivity contribution in [3.63, 3.8) is 0 Å². The van der Waals surface area contributed by atoms with Crippen molar-refractivity contribution in [1.29, 1.82) is 0 Å². The van der Waals surface area contributed by atoms with Crippen LogP contribution in [-0.2, 0) is 0 Å². The number of amides is 1. The molecule has 0 aliphatic carbocycles. The number of rotatable bonds is 4. The van der Waals surface area contributed by atoms with Gasteiger partial charge in [-0.1, -0.05) is 19.9 Å². The Hall–Kier alpha value is -2.70. The second-order valence-corrected chi connectivity index (χ2v) is 4.62. The monoisotopic (exact) mass is 274 g/mol. The third-order valence-electron chi connectivity index (χ3n) is 2.78. The van der Waals surface area contributed by atoms with E-state index in [2.05, 4.69) is 15.5 Å². The normalized spacial score (nSPS) is 10.6. The number of aromatic nitrogens is 2. The van der Waals surface area contributed by atoms with Crippen LogP contribution in [0.4, 0.5) is 11.5 Å². The summed E-state index contributed by atoms with van der Waals surface area (Å²) in [7, 11) is 0. The molecule has 0 unspecified atom stereocenters. The van der Waals surface area contributed by atoms with Gasteiger partial charge in [0.1, 0.15) is 0 Å². The van der Waals surface area contributed by atoms with Gasteiger partial charge in [0, 0.05) is 29.5 Å². The van der Waals surface area contributed by atoms with Crippen LogP contribution in [0.25, 0.3) is 0 Å². The summed E-state index contributed by atoms with van der Waals surface area (Å²) in [5.41, 5.74) is 0.996. The first-order valence-electron chi connectivity index (χ1n) is 6.08. The van der Waals surface area contributed by atoms with Gasteiger partial charge < -0.3 is 5.32 Å². The van der Waals surface area contributed by atoms with Crippen LogP contribution >= 0.6 is 0 Å². The second-order valence-electron chi connectivity index (χ2n) is 4.62. The molecule has 2 rings (SSSR count). The maximum atomic E-state index is 12.0. The summed E-state index contributed by atoms with van der Waals surface area (Å²) in [6.45, 7) is 4.00. The zero-order chi connectivity index (χ0) is 14.7. The number of nitro groups is 1. The molecule has 0 spiro atoms. The molecular formula is C13H14N4O3. The van der Waals surface area contributed by atoms with Crippen LogP contribution < -0.4 is 5.32 Å². The number of benzene rings is 1. The average molecular weight is 274 g/mol. The van der Waals surface area contributed by atoms with E-state index in [-0.39, 0.29) is 17.2 Å². The van der Waals surface area contributed by atoms with Gasteiger partial charge in [0.05, 0.1) is 4.92 Å². The molecule has 0 aliphatic heterocycles. The van der Waals surface area contributed by atoms with E-state index in [9.17, 15) is 14.9 Å². The number of nitro benzene ring substituents is 1. The number of anilines is 1. The number of H-pyrrole nitrogens is 1. The Morgan fingerprint density at radius 2 is 2.15 bits per heavy atom. The van der Waals surface area contributed by atoms with Crippen molar-refractivity contribution in [3.05, 3.63) is 51.7 Å². The van der Waals surface area contributed by atoms with E-state index < -0.39 is 10.8 Å². The predicted octanol–water partition coefficient (Wildman–Crippen LogP) is 2.69. The highest BCUT2D eigenvalue weighted by Crippen LogP contribution is 2.17. The van der Waals surface area contributed by atoms with Gasteiger partial charge in [0.15, 0.2) is 5.82 Å². The SMILES string of the molecule is CC(C)c1cc(NC(=O)c2cccc([N+](=O)[O-])c2)n[nH]1. The number of non-ortho nitro benzene ring substituents is 1. The number of carbonyl (C=O) groups is 1. The molecule has 20 heavy (non-hydrogen) atoms. The topological polar surface area (TPSA) is 101 Å². The highest BCUT2D eigenvalue weighted by atomic mass is 16.6. The molecule has 7 heteroatoms. The number of hydrogen-bond acceptors (Lipinski definition) is 4. The molecule has 104 valence electrons. The molecule has 2 aromatic rings. The summed E-state index contributed by atoms with van der Waals surface area (Å²) in [6, 6.07) is 7.28. The molecule has 0 bridgehead atoms. The molecule has 0 aliphatic rings. The van der Waals surface area contributed by atoms with Gasteiger partial charge in [-0.15, -0.1) is 0 Å². The summed E-state index contributed by atoms with van der Waals surface area (Å²) in [6.07, 6.45) is 0. The van der Waals surface area contributed by atoms with E-state index in [1.807, 2.05) is 13.8 Å². The Morgan fingerprint density at radius 3 is 2.75 bits per heavy atom. The summed E-state index contributed by atoms with van der Waals surface area (Å²) < 4.78 is 0. The van der Waals surface area contributed by atoms with Gasteiger partial charge in [0.2, 0.25) is 0 Å². The summed E-state index contributed by atoms with van der Waals surface area (Å²) in [5.74, 6) is 0.228. The molecule has 0 radical (unpaired) electrons. The Kier molecular flexibility index (Phi) is 3.79. The lowest BCUT2D eigenvalue weighted by molar-refractivity contribution is -0.384. The van der Waals surface area contributed by atoms with Gasteiger partial charge in [0.25, 0.3) is 11.6 Å². The van der Waals surface area contributed by atoms with E-state index in [0.29, 0.717) is 5.82 Å². The molecular weight excluding hydrogens is 260 g/mol. The number of carbonyl (C=O) groups excluding carboxylic acids is 1. The number of hydrogen-bond donors (Lipinski definition) is 2. The standard InChI is InChI=1S/C13H14N4O3/c1-8(2)11-7-12(16-15-11)14-13(18)9-4-3-5-10(6-9)17(19)20/h3-8H,1-2H3,(H2,14,15,16,18). The minimum Gasteiger partial charge on any atom is -0.305 e. The minimum atomic E-state index is -0.539. The summed E-state index contributed by atoms with van der Waals surface area (Å²) in [5, 5.41) is 20.1. The predicted molar refractivity (Wildman–Crippen MR) is 73.7 cm³/mol. The van der Waals surface area contributed by atoms with Crippen molar-refractivity contribution in [2.45, 2.75) is 19.8 Å². The van der Waals surface area contributed by atoms with Crippen LogP contribution in [0.5, 0.6) is 0 Å². The molecule has 1 heterocycles. The van der Waals surface area contributed by atoms with Crippen molar-refractivity contribution in [3.8, 4) is 0 Å². The largest absolute Gasteiger partial charge is 0.305 e. The van der Waals surface area contributed by atoms with Crippen LogP contribution in [0.2, 0.25) is 0 Å². The van der Waals surface area contributed by atoms with Crippen molar-refractivity contribution in [1.82, 2.24) is 10.2 Å². The number of aromatic amines is 1. The fourth-order valence-corrected chi connectivity index (χ4v) is 1.65. The third-order valence-corrected chi connectivity index (χ3v) is 2.78. The third kappa shape index (κ3) is 3.00. The second kappa shape index (κ2) is 5.52. The highest BCUT2D eigenvalue weighted by Gasteiger charge is 2.13. The Morgan fingerprint density at radius 1 is 1.40 bits per heavy atom. The van der Waals surface area contributed by atoms with Gasteiger partial charge in [-0.25, -0.2) is 0 Å². The molecule has 1 amide bonds. The maximum absolute atomic E-state index is 12.0. The molecule has 7 nitrogen and oxygen atoms in total. The van der Waals surface area contributed by atoms with Crippen LogP contribution in [0, 0.1) is 10.1 Å². The molecule has 0 atom stereocenters. The van der Waals surface area contributed by atoms with Crippen LogP contribution in [0.15, 0.2) is 30.3 Å². The first-order chi connectivity index (χ1) is 9.47. The minimum absolute atomic E-state index is 0.123. The van der Waals surface area contributed by atoms with Gasteiger partial charge in [-0.2, -0.15) is 5.10 Å². The van der Waals surface area contributed by atoms with Gasteiger partial charge in [-0.05, 0) is 12.0 Å². The smallest absolute Gasteiger partial charge is 0.270 e. The Labute approximate surface area is 115 Å². The first kappa shape index (κ1) is 13.7. The Bertz CT molecular complexity index is 649. The highest BCUT2D eigenvalue weighted by molar-refractivity contribution is 6.04. The van der Waals surface area contributed by atoms with E-state index in [1.165, 1.54) is 24.3 Å². The van der Waals surface area contributed by atoms with Crippen LogP contribution in [0.3, 0.4) is 0 Å². The zero-order valence-corrected chi connectivity index (χ0v) is 11.1. The molecule has 2 N–H and O–H groups in total. The first-order valence-corrected chi connectivity index (χ1v) is 6.08. The van der Waals surface area contributed by atoms with Crippen LogP contribution in [-0.4, -0.2) is 21.0 Å². The summed E-state index contributed by atoms with van der Waals surface area (Å²) >= 11 is 0. The van der Waals surface area contributed by atoms with Crippen molar-refractivity contribution in [2.24, 2.45) is 0 Å². The lowest BCUT2D eigenvalue weighted by Gasteiger charge is -2.01. The van der Waals surface area contributed by atoms with E-state index in [0.717, 1.165) is 5.69 Å². The van der Waals surface area contributed by atoms with E-state index >= 15 is 0 Å². The fourth-order valence-electron chi connectivity index (χ4n) is 1.65. The van der Waals surface area contributed by atoms with E-state index in [4.69, 9.17) is 0 Å². The van der Waals surface area contributed by atoms with Crippen molar-refractivity contribution < 1.29 is 9.72 Å². The van der Waals surface area contributed by atoms with Gasteiger partial charge in [-0.3, -0.25) is 20.0 Å². The fraction of sp³-hybridized carbons (Fsp3) is 0.231. The van der Waals surface area contributed by atoms with Crippen LogP contribution in [0.1, 0.15) is 35.8 Å². The maximum Gasteiger partial charge on any atom is 0.270 e. The average Bonchev–Trinajstić information content (AvgIpc) is 2.87. The van der Waals surface area contributed by atoms with Gasteiger partial charge >= 0.3 is 0 Å².